The van der Waals surface area contributed by atoms with Crippen LogP contribution in [0.5, 0.6) is 0 Å². The van der Waals surface area contributed by atoms with Gasteiger partial charge in [0.2, 0.25) is 5.78 Å². The molecular formula is C10H15F3O. The van der Waals surface area contributed by atoms with Crippen molar-refractivity contribution in [1.82, 2.24) is 0 Å². The van der Waals surface area contributed by atoms with E-state index in [4.69, 9.17) is 0 Å². The van der Waals surface area contributed by atoms with E-state index < -0.39 is 12.0 Å². The summed E-state index contributed by atoms with van der Waals surface area (Å²) in [6.07, 6.45) is -2.58. The quantitative estimate of drug-likeness (QED) is 0.680. The molecule has 82 valence electrons. The van der Waals surface area contributed by atoms with Crippen LogP contribution in [0.2, 0.25) is 0 Å². The third-order valence-electron chi connectivity index (χ3n) is 2.86. The zero-order valence-corrected chi connectivity index (χ0v) is 8.45. The number of alkyl halides is 3. The number of rotatable bonds is 2. The minimum atomic E-state index is -4.65. The summed E-state index contributed by atoms with van der Waals surface area (Å²) in [5.41, 5.74) is 0.108. The second-order valence-corrected chi connectivity index (χ2v) is 4.90. The van der Waals surface area contributed by atoms with E-state index in [9.17, 15) is 18.0 Å². The SMILES string of the molecule is CC1(C)CCC(CC(=O)C(F)(F)F)C1. The molecule has 1 aliphatic rings. The van der Waals surface area contributed by atoms with Crippen LogP contribution in [0, 0.1) is 11.3 Å². The van der Waals surface area contributed by atoms with E-state index in [0.717, 1.165) is 19.3 Å². The van der Waals surface area contributed by atoms with E-state index in [0.29, 0.717) is 0 Å². The molecule has 0 heterocycles. The number of ketones is 1. The lowest BCUT2D eigenvalue weighted by Crippen LogP contribution is -2.24. The van der Waals surface area contributed by atoms with Crippen molar-refractivity contribution in [3.63, 3.8) is 0 Å². The number of carbonyl (C=O) groups excluding carboxylic acids is 1. The molecular weight excluding hydrogens is 193 g/mol. The summed E-state index contributed by atoms with van der Waals surface area (Å²) in [5, 5.41) is 0. The maximum atomic E-state index is 11.9. The fourth-order valence-corrected chi connectivity index (χ4v) is 2.13. The van der Waals surface area contributed by atoms with E-state index in [-0.39, 0.29) is 17.8 Å². The van der Waals surface area contributed by atoms with E-state index in [1.165, 1.54) is 0 Å². The Morgan fingerprint density at radius 1 is 1.43 bits per heavy atom. The second-order valence-electron chi connectivity index (χ2n) is 4.90. The van der Waals surface area contributed by atoms with Gasteiger partial charge in [0, 0.05) is 6.42 Å². The minimum absolute atomic E-state index is 0.0703. The van der Waals surface area contributed by atoms with Gasteiger partial charge in [-0.05, 0) is 30.6 Å². The summed E-state index contributed by atoms with van der Waals surface area (Å²) in [6.45, 7) is 4.07. The van der Waals surface area contributed by atoms with Gasteiger partial charge in [-0.1, -0.05) is 13.8 Å². The summed E-state index contributed by atoms with van der Waals surface area (Å²) in [5.74, 6) is -1.64. The first kappa shape index (κ1) is 11.5. The topological polar surface area (TPSA) is 17.1 Å². The fraction of sp³-hybridized carbons (Fsp3) is 0.900. The number of Topliss-reactive ketones (excluding diaryl/α,β-unsaturated/α-hetero) is 1. The summed E-state index contributed by atoms with van der Waals surface area (Å²) < 4.78 is 35.8. The second kappa shape index (κ2) is 3.55. The van der Waals surface area contributed by atoms with Crippen molar-refractivity contribution >= 4 is 5.78 Å². The van der Waals surface area contributed by atoms with Crippen molar-refractivity contribution < 1.29 is 18.0 Å². The molecule has 0 spiro atoms. The molecule has 0 bridgehead atoms. The number of halogens is 3. The Balaban J connectivity index is 2.44. The molecule has 14 heavy (non-hydrogen) atoms. The van der Waals surface area contributed by atoms with E-state index in [2.05, 4.69) is 0 Å². The van der Waals surface area contributed by atoms with Crippen molar-refractivity contribution in [2.45, 2.75) is 45.7 Å². The Labute approximate surface area is 81.7 Å². The highest BCUT2D eigenvalue weighted by Crippen LogP contribution is 2.43. The van der Waals surface area contributed by atoms with Gasteiger partial charge >= 0.3 is 6.18 Å². The van der Waals surface area contributed by atoms with Gasteiger partial charge in [0.15, 0.2) is 0 Å². The van der Waals surface area contributed by atoms with Crippen LogP contribution in [0.25, 0.3) is 0 Å². The predicted octanol–water partition coefficient (Wildman–Crippen LogP) is 3.33. The molecule has 0 aromatic rings. The maximum absolute atomic E-state index is 11.9. The molecule has 4 heteroatoms. The summed E-state index contributed by atoms with van der Waals surface area (Å²) in [4.78, 5) is 10.7. The largest absolute Gasteiger partial charge is 0.449 e. The van der Waals surface area contributed by atoms with Gasteiger partial charge < -0.3 is 0 Å². The Morgan fingerprint density at radius 3 is 2.36 bits per heavy atom. The van der Waals surface area contributed by atoms with E-state index in [1.54, 1.807) is 0 Å². The molecule has 1 saturated carbocycles. The molecule has 0 radical (unpaired) electrons. The summed E-state index contributed by atoms with van der Waals surface area (Å²) >= 11 is 0. The van der Waals surface area contributed by atoms with E-state index in [1.807, 2.05) is 13.8 Å². The van der Waals surface area contributed by atoms with Crippen molar-refractivity contribution in [3.8, 4) is 0 Å². The van der Waals surface area contributed by atoms with Gasteiger partial charge in [-0.15, -0.1) is 0 Å². The highest BCUT2D eigenvalue weighted by molar-refractivity contribution is 5.84. The monoisotopic (exact) mass is 208 g/mol. The van der Waals surface area contributed by atoms with E-state index >= 15 is 0 Å². The average molecular weight is 208 g/mol. The van der Waals surface area contributed by atoms with Crippen LogP contribution >= 0.6 is 0 Å². The van der Waals surface area contributed by atoms with Crippen LogP contribution in [-0.2, 0) is 4.79 Å². The van der Waals surface area contributed by atoms with Crippen molar-refractivity contribution in [1.29, 1.82) is 0 Å². The van der Waals surface area contributed by atoms with Gasteiger partial charge in [0.25, 0.3) is 0 Å². The van der Waals surface area contributed by atoms with Crippen LogP contribution in [-0.4, -0.2) is 12.0 Å². The van der Waals surface area contributed by atoms with Crippen LogP contribution in [0.15, 0.2) is 0 Å². The third-order valence-corrected chi connectivity index (χ3v) is 2.86. The van der Waals surface area contributed by atoms with Crippen LogP contribution in [0.1, 0.15) is 39.5 Å². The Hall–Kier alpha value is -0.540. The molecule has 0 amide bonds. The third kappa shape index (κ3) is 3.00. The molecule has 1 aliphatic carbocycles. The predicted molar refractivity (Wildman–Crippen MR) is 46.8 cm³/mol. The van der Waals surface area contributed by atoms with Gasteiger partial charge in [-0.2, -0.15) is 13.2 Å². The van der Waals surface area contributed by atoms with Gasteiger partial charge in [0.05, 0.1) is 0 Å². The molecule has 1 fully saturated rings. The lowest BCUT2D eigenvalue weighted by Gasteiger charge is -2.17. The van der Waals surface area contributed by atoms with Crippen LogP contribution in [0.3, 0.4) is 0 Å². The first-order valence-electron chi connectivity index (χ1n) is 4.81. The smallest absolute Gasteiger partial charge is 0.290 e. The van der Waals surface area contributed by atoms with Gasteiger partial charge in [0.1, 0.15) is 0 Å². The van der Waals surface area contributed by atoms with Crippen LogP contribution in [0.4, 0.5) is 13.2 Å². The van der Waals surface area contributed by atoms with Crippen molar-refractivity contribution in [2.24, 2.45) is 11.3 Å². The Morgan fingerprint density at radius 2 is 2.00 bits per heavy atom. The molecule has 0 saturated heterocycles. The number of hydrogen-bond acceptors (Lipinski definition) is 1. The maximum Gasteiger partial charge on any atom is 0.449 e. The molecule has 0 aromatic carbocycles. The standard InChI is InChI=1S/C10H15F3O/c1-9(2)4-3-7(6-9)5-8(14)10(11,12)13/h7H,3-6H2,1-2H3. The molecule has 0 N–H and O–H groups in total. The zero-order valence-electron chi connectivity index (χ0n) is 8.45. The number of carbonyl (C=O) groups is 1. The fourth-order valence-electron chi connectivity index (χ4n) is 2.13. The first-order chi connectivity index (χ1) is 6.21. The minimum Gasteiger partial charge on any atom is -0.290 e. The summed E-state index contributed by atoms with van der Waals surface area (Å²) in [7, 11) is 0. The summed E-state index contributed by atoms with van der Waals surface area (Å²) in [6, 6.07) is 0. The van der Waals surface area contributed by atoms with Crippen LogP contribution < -0.4 is 0 Å². The molecule has 0 aliphatic heterocycles. The van der Waals surface area contributed by atoms with Gasteiger partial charge in [-0.3, -0.25) is 4.79 Å². The molecule has 1 atom stereocenters. The molecule has 1 rings (SSSR count). The van der Waals surface area contributed by atoms with Crippen molar-refractivity contribution in [2.75, 3.05) is 0 Å². The first-order valence-corrected chi connectivity index (χ1v) is 4.81. The highest BCUT2D eigenvalue weighted by Gasteiger charge is 2.41. The van der Waals surface area contributed by atoms with Gasteiger partial charge in [-0.25, -0.2) is 0 Å². The normalized spacial score (nSPS) is 26.5. The molecule has 0 aromatic heterocycles. The lowest BCUT2D eigenvalue weighted by molar-refractivity contribution is -0.172. The number of hydrogen-bond donors (Lipinski definition) is 0. The Bertz CT molecular complexity index is 230. The Kier molecular flexibility index (Phi) is 2.93. The average Bonchev–Trinajstić information content (AvgIpc) is 2.28. The zero-order chi connectivity index (χ0) is 11.0. The lowest BCUT2D eigenvalue weighted by atomic mass is 9.89. The van der Waals surface area contributed by atoms with Crippen molar-refractivity contribution in [3.05, 3.63) is 0 Å². The highest BCUT2D eigenvalue weighted by atomic mass is 19.4. The molecule has 1 nitrogen and oxygen atoms in total. The molecule has 1 unspecified atom stereocenters.